The molecule has 5 N–H and O–H groups in total. The Kier molecular flexibility index (Phi) is 23.4. The van der Waals surface area contributed by atoms with E-state index in [2.05, 4.69) is 31.2 Å². The largest absolute Gasteiger partial charge is 0.330 e. The number of nitrogens with two attached hydrogens (primary N) is 2. The number of hydrogen-bond donors (Lipinski definition) is 3. The van der Waals surface area contributed by atoms with Crippen LogP contribution in [0.1, 0.15) is 122 Å². The van der Waals surface area contributed by atoms with Crippen molar-refractivity contribution in [2.24, 2.45) is 11.5 Å². The van der Waals surface area contributed by atoms with Crippen LogP contribution in [0.3, 0.4) is 0 Å². The lowest BCUT2D eigenvalue weighted by Gasteiger charge is -2.29. The first kappa shape index (κ1) is 29.8. The van der Waals surface area contributed by atoms with Crippen molar-refractivity contribution in [1.29, 1.82) is 0 Å². The molecule has 30 heavy (non-hydrogen) atoms. The molecule has 0 aromatic rings. The first-order valence-electron chi connectivity index (χ1n) is 13.5. The fourth-order valence-corrected chi connectivity index (χ4v) is 4.41. The Labute approximate surface area is 190 Å². The van der Waals surface area contributed by atoms with Gasteiger partial charge in [-0.15, -0.1) is 0 Å². The third kappa shape index (κ3) is 19.8. The number of nitrogens with one attached hydrogen (secondary N) is 1. The molecular weight excluding hydrogens is 368 g/mol. The molecule has 0 heterocycles. The summed E-state index contributed by atoms with van der Waals surface area (Å²) >= 11 is 0. The van der Waals surface area contributed by atoms with Crippen LogP contribution < -0.4 is 16.8 Å². The van der Waals surface area contributed by atoms with Crippen molar-refractivity contribution >= 4 is 0 Å². The van der Waals surface area contributed by atoms with Gasteiger partial charge >= 0.3 is 0 Å². The van der Waals surface area contributed by atoms with Gasteiger partial charge in [-0.25, -0.2) is 0 Å². The van der Waals surface area contributed by atoms with Crippen molar-refractivity contribution < 1.29 is 0 Å². The molecule has 0 aromatic heterocycles. The lowest BCUT2D eigenvalue weighted by atomic mass is 10.0. The monoisotopic (exact) mass is 426 g/mol. The summed E-state index contributed by atoms with van der Waals surface area (Å²) in [5, 5.41) is 3.57. The molecule has 0 radical (unpaired) electrons. The van der Waals surface area contributed by atoms with E-state index in [1.807, 2.05) is 0 Å². The van der Waals surface area contributed by atoms with Gasteiger partial charge in [0, 0.05) is 12.1 Å². The van der Waals surface area contributed by atoms with E-state index in [9.17, 15) is 0 Å². The fraction of sp³-hybridized carbons (Fsp3) is 1.00. The van der Waals surface area contributed by atoms with Crippen molar-refractivity contribution in [3.63, 3.8) is 0 Å². The van der Waals surface area contributed by atoms with Crippen molar-refractivity contribution in [2.45, 2.75) is 135 Å². The molecule has 4 nitrogen and oxygen atoms in total. The molecule has 2 atom stereocenters. The highest BCUT2D eigenvalue weighted by Gasteiger charge is 2.18. The van der Waals surface area contributed by atoms with Crippen molar-refractivity contribution in [3.05, 3.63) is 0 Å². The zero-order valence-corrected chi connectivity index (χ0v) is 21.1. The lowest BCUT2D eigenvalue weighted by Crippen LogP contribution is -2.46. The van der Waals surface area contributed by atoms with Crippen LogP contribution >= 0.6 is 0 Å². The Morgan fingerprint density at radius 1 is 0.633 bits per heavy atom. The van der Waals surface area contributed by atoms with E-state index in [-0.39, 0.29) is 6.04 Å². The molecule has 4 heteroatoms. The average molecular weight is 427 g/mol. The summed E-state index contributed by atoms with van der Waals surface area (Å²) < 4.78 is 0. The van der Waals surface area contributed by atoms with Gasteiger partial charge in [-0.3, -0.25) is 0 Å². The van der Waals surface area contributed by atoms with Gasteiger partial charge in [0.1, 0.15) is 0 Å². The average Bonchev–Trinajstić information content (AvgIpc) is 2.73. The second-order valence-corrected chi connectivity index (χ2v) is 9.61. The highest BCUT2D eigenvalue weighted by atomic mass is 15.1. The van der Waals surface area contributed by atoms with Gasteiger partial charge in [0.25, 0.3) is 0 Å². The standard InChI is InChI=1S/C26H58N4/c1-4-5-6-7-8-9-10-11-12-13-14-15-16-17-18-19-23-29-24-21-25(28)26(20-22-27)30(2)3/h25-26,29H,4-24,27-28H2,1-3H3. The zero-order valence-electron chi connectivity index (χ0n) is 21.1. The maximum Gasteiger partial charge on any atom is 0.0253 e. The van der Waals surface area contributed by atoms with Gasteiger partial charge in [0.15, 0.2) is 0 Å². The predicted molar refractivity (Wildman–Crippen MR) is 136 cm³/mol. The molecule has 2 unspecified atom stereocenters. The third-order valence-electron chi connectivity index (χ3n) is 6.48. The summed E-state index contributed by atoms with van der Waals surface area (Å²) in [5.74, 6) is 0. The first-order valence-corrected chi connectivity index (χ1v) is 13.5. The molecule has 0 fully saturated rings. The summed E-state index contributed by atoms with van der Waals surface area (Å²) in [6, 6.07) is 0.606. The van der Waals surface area contributed by atoms with Crippen LogP contribution in [0, 0.1) is 0 Å². The molecule has 0 rings (SSSR count). The Morgan fingerprint density at radius 2 is 1.07 bits per heavy atom. The molecule has 0 bridgehead atoms. The molecule has 0 aliphatic carbocycles. The fourth-order valence-electron chi connectivity index (χ4n) is 4.41. The number of hydrogen-bond acceptors (Lipinski definition) is 4. The number of likely N-dealkylation sites (N-methyl/N-ethyl adjacent to an activating group) is 1. The summed E-state index contributed by atoms with van der Waals surface area (Å²) in [4.78, 5) is 2.22. The van der Waals surface area contributed by atoms with Gasteiger partial charge in [-0.2, -0.15) is 0 Å². The molecular formula is C26H58N4. The third-order valence-corrected chi connectivity index (χ3v) is 6.48. The summed E-state index contributed by atoms with van der Waals surface area (Å²) in [7, 11) is 4.20. The SMILES string of the molecule is CCCCCCCCCCCCCCCCCCNCCC(N)C(CCN)N(C)C. The van der Waals surface area contributed by atoms with E-state index in [4.69, 9.17) is 11.5 Å². The van der Waals surface area contributed by atoms with E-state index in [0.717, 1.165) is 25.9 Å². The van der Waals surface area contributed by atoms with E-state index in [1.165, 1.54) is 103 Å². The van der Waals surface area contributed by atoms with Crippen LogP contribution in [0.5, 0.6) is 0 Å². The Balaban J connectivity index is 3.24. The smallest absolute Gasteiger partial charge is 0.0253 e. The minimum Gasteiger partial charge on any atom is -0.330 e. The number of nitrogens with zero attached hydrogens (tertiary/aromatic N) is 1. The zero-order chi connectivity index (χ0) is 22.3. The Morgan fingerprint density at radius 3 is 1.47 bits per heavy atom. The van der Waals surface area contributed by atoms with Crippen molar-refractivity contribution in [3.8, 4) is 0 Å². The molecule has 0 aliphatic heterocycles. The van der Waals surface area contributed by atoms with E-state index in [1.54, 1.807) is 0 Å². The van der Waals surface area contributed by atoms with Gasteiger partial charge in [0.05, 0.1) is 0 Å². The Hall–Kier alpha value is -0.160. The number of unbranched alkanes of at least 4 members (excludes halogenated alkanes) is 15. The molecule has 0 spiro atoms. The topological polar surface area (TPSA) is 67.3 Å². The number of rotatable bonds is 24. The highest BCUT2D eigenvalue weighted by Crippen LogP contribution is 2.13. The predicted octanol–water partition coefficient (Wildman–Crippen LogP) is 5.83. The van der Waals surface area contributed by atoms with Crippen LogP contribution in [-0.2, 0) is 0 Å². The van der Waals surface area contributed by atoms with Gasteiger partial charge in [0.2, 0.25) is 0 Å². The lowest BCUT2D eigenvalue weighted by molar-refractivity contribution is 0.235. The summed E-state index contributed by atoms with van der Waals surface area (Å²) in [5.41, 5.74) is 12.1. The summed E-state index contributed by atoms with van der Waals surface area (Å²) in [6.07, 6.45) is 24.9. The van der Waals surface area contributed by atoms with Gasteiger partial charge in [-0.1, -0.05) is 103 Å². The van der Waals surface area contributed by atoms with Crippen LogP contribution in [-0.4, -0.2) is 50.7 Å². The van der Waals surface area contributed by atoms with Crippen LogP contribution in [0.2, 0.25) is 0 Å². The molecule has 0 aromatic carbocycles. The van der Waals surface area contributed by atoms with Crippen molar-refractivity contribution in [1.82, 2.24) is 10.2 Å². The molecule has 0 aliphatic rings. The normalized spacial score (nSPS) is 13.8. The maximum atomic E-state index is 6.34. The van der Waals surface area contributed by atoms with E-state index < -0.39 is 0 Å². The summed E-state index contributed by atoms with van der Waals surface area (Å²) in [6.45, 7) is 5.16. The van der Waals surface area contributed by atoms with Gasteiger partial charge < -0.3 is 21.7 Å². The van der Waals surface area contributed by atoms with Crippen molar-refractivity contribution in [2.75, 3.05) is 33.7 Å². The highest BCUT2D eigenvalue weighted by molar-refractivity contribution is 4.80. The van der Waals surface area contributed by atoms with Gasteiger partial charge in [-0.05, 0) is 53.0 Å². The first-order chi connectivity index (χ1) is 14.6. The molecule has 0 saturated heterocycles. The van der Waals surface area contributed by atoms with Crippen LogP contribution in [0.4, 0.5) is 0 Å². The van der Waals surface area contributed by atoms with Crippen LogP contribution in [0.15, 0.2) is 0 Å². The minimum absolute atomic E-state index is 0.210. The quantitative estimate of drug-likeness (QED) is 0.170. The maximum absolute atomic E-state index is 6.34. The van der Waals surface area contributed by atoms with E-state index in [0.29, 0.717) is 12.6 Å². The molecule has 0 saturated carbocycles. The second kappa shape index (κ2) is 23.5. The molecule has 0 amide bonds. The van der Waals surface area contributed by atoms with E-state index >= 15 is 0 Å². The van der Waals surface area contributed by atoms with Crippen LogP contribution in [0.25, 0.3) is 0 Å². The molecule has 182 valence electrons. The second-order valence-electron chi connectivity index (χ2n) is 9.61. The minimum atomic E-state index is 0.210. The Bertz CT molecular complexity index is 322.